The van der Waals surface area contributed by atoms with Crippen LogP contribution in [0.2, 0.25) is 0 Å². The maximum atomic E-state index is 12.6. The van der Waals surface area contributed by atoms with Crippen molar-refractivity contribution in [3.8, 4) is 0 Å². The summed E-state index contributed by atoms with van der Waals surface area (Å²) in [5.41, 5.74) is 0. The third-order valence-electron chi connectivity index (χ3n) is 8.75. The van der Waals surface area contributed by atoms with E-state index in [2.05, 4.69) is 62.5 Å². The van der Waals surface area contributed by atoms with Crippen LogP contribution >= 0.6 is 7.82 Å². The molecule has 0 rings (SSSR count). The molecule has 53 heavy (non-hydrogen) atoms. The molecule has 0 amide bonds. The van der Waals surface area contributed by atoms with Gasteiger partial charge in [0.1, 0.15) is 12.2 Å². The minimum Gasteiger partial charge on any atom is -0.457 e. The predicted molar refractivity (Wildman–Crippen MR) is 219 cm³/mol. The van der Waals surface area contributed by atoms with Crippen molar-refractivity contribution in [2.24, 2.45) is 0 Å². The SMILES string of the molecule is CC/C=C\C/C=C\C/C=C\CCCCCC(=O)OC(COCCCCCCCCCC/C=C\CCCCCCCCC)COP(=O)(O)OCC(O)CO. The minimum atomic E-state index is -4.52. The van der Waals surface area contributed by atoms with Gasteiger partial charge in [-0.25, -0.2) is 4.57 Å². The van der Waals surface area contributed by atoms with Gasteiger partial charge in [0.2, 0.25) is 0 Å². The van der Waals surface area contributed by atoms with Gasteiger partial charge in [0, 0.05) is 13.0 Å². The summed E-state index contributed by atoms with van der Waals surface area (Å²) >= 11 is 0. The Labute approximate surface area is 324 Å². The van der Waals surface area contributed by atoms with Crippen LogP contribution in [0.5, 0.6) is 0 Å². The normalized spacial score (nSPS) is 14.6. The lowest BCUT2D eigenvalue weighted by atomic mass is 10.1. The van der Waals surface area contributed by atoms with Crippen LogP contribution in [0.1, 0.15) is 174 Å². The fourth-order valence-electron chi connectivity index (χ4n) is 5.54. The topological polar surface area (TPSA) is 132 Å². The summed E-state index contributed by atoms with van der Waals surface area (Å²) in [6, 6.07) is 0. The summed E-state index contributed by atoms with van der Waals surface area (Å²) in [6.07, 6.45) is 43.6. The lowest BCUT2D eigenvalue weighted by molar-refractivity contribution is -0.154. The van der Waals surface area contributed by atoms with Crippen LogP contribution < -0.4 is 0 Å². The summed E-state index contributed by atoms with van der Waals surface area (Å²) in [5, 5.41) is 18.3. The summed E-state index contributed by atoms with van der Waals surface area (Å²) in [7, 11) is -4.52. The van der Waals surface area contributed by atoms with Gasteiger partial charge in [-0.3, -0.25) is 13.8 Å². The molecule has 0 aromatic rings. The first kappa shape index (κ1) is 51.4. The third kappa shape index (κ3) is 39.9. The van der Waals surface area contributed by atoms with E-state index in [4.69, 9.17) is 23.6 Å². The van der Waals surface area contributed by atoms with Crippen molar-refractivity contribution < 1.29 is 43.0 Å². The Kier molecular flexibility index (Phi) is 38.9. The second-order valence-electron chi connectivity index (χ2n) is 14.0. The van der Waals surface area contributed by atoms with Crippen molar-refractivity contribution in [1.82, 2.24) is 0 Å². The number of aliphatic hydroxyl groups is 2. The van der Waals surface area contributed by atoms with Gasteiger partial charge in [0.15, 0.2) is 0 Å². The van der Waals surface area contributed by atoms with Crippen LogP contribution in [0, 0.1) is 0 Å². The van der Waals surface area contributed by atoms with Gasteiger partial charge in [-0.2, -0.15) is 0 Å². The molecule has 310 valence electrons. The van der Waals surface area contributed by atoms with E-state index < -0.39 is 45.8 Å². The number of esters is 1. The number of hydrogen-bond acceptors (Lipinski definition) is 8. The molecule has 0 fully saturated rings. The Morgan fingerprint density at radius 2 is 1.08 bits per heavy atom. The van der Waals surface area contributed by atoms with Crippen LogP contribution in [0.4, 0.5) is 0 Å². The average Bonchev–Trinajstić information content (AvgIpc) is 3.15. The second-order valence-corrected chi connectivity index (χ2v) is 15.4. The molecule has 0 aromatic heterocycles. The highest BCUT2D eigenvalue weighted by Crippen LogP contribution is 2.43. The minimum absolute atomic E-state index is 0.0344. The maximum absolute atomic E-state index is 12.6. The first-order valence-corrected chi connectivity index (χ1v) is 22.6. The van der Waals surface area contributed by atoms with Crippen LogP contribution in [0.3, 0.4) is 0 Å². The Hall–Kier alpha value is -1.58. The zero-order valence-corrected chi connectivity index (χ0v) is 34.6. The molecule has 0 radical (unpaired) electrons. The first-order valence-electron chi connectivity index (χ1n) is 21.1. The van der Waals surface area contributed by atoms with Crippen molar-refractivity contribution in [1.29, 1.82) is 0 Å². The maximum Gasteiger partial charge on any atom is 0.472 e. The van der Waals surface area contributed by atoms with Crippen molar-refractivity contribution in [3.63, 3.8) is 0 Å². The van der Waals surface area contributed by atoms with Crippen molar-refractivity contribution >= 4 is 13.8 Å². The molecule has 0 saturated heterocycles. The number of rotatable bonds is 40. The summed E-state index contributed by atoms with van der Waals surface area (Å²) in [6.45, 7) is 3.35. The Morgan fingerprint density at radius 1 is 0.604 bits per heavy atom. The third-order valence-corrected chi connectivity index (χ3v) is 9.70. The molecule has 3 N–H and O–H groups in total. The Bertz CT molecular complexity index is 965. The van der Waals surface area contributed by atoms with Gasteiger partial charge in [-0.1, -0.05) is 146 Å². The zero-order chi connectivity index (χ0) is 38.9. The van der Waals surface area contributed by atoms with E-state index in [1.54, 1.807) is 0 Å². The number of unbranched alkanes of at least 4 members (excludes halogenated alkanes) is 18. The summed E-state index contributed by atoms with van der Waals surface area (Å²) < 4.78 is 33.3. The molecule has 0 aliphatic carbocycles. The Morgan fingerprint density at radius 3 is 1.64 bits per heavy atom. The smallest absolute Gasteiger partial charge is 0.457 e. The van der Waals surface area contributed by atoms with E-state index in [9.17, 15) is 19.4 Å². The predicted octanol–water partition coefficient (Wildman–Crippen LogP) is 11.4. The van der Waals surface area contributed by atoms with E-state index in [1.807, 2.05) is 0 Å². The van der Waals surface area contributed by atoms with Crippen molar-refractivity contribution in [2.75, 3.05) is 33.0 Å². The largest absolute Gasteiger partial charge is 0.472 e. The molecule has 0 bridgehead atoms. The number of phosphoric ester groups is 1. The van der Waals surface area contributed by atoms with Crippen LogP contribution in [0.25, 0.3) is 0 Å². The molecule has 0 aromatic carbocycles. The van der Waals surface area contributed by atoms with Gasteiger partial charge in [-0.05, 0) is 70.6 Å². The lowest BCUT2D eigenvalue weighted by Gasteiger charge is -2.20. The number of allylic oxidation sites excluding steroid dienone is 8. The first-order chi connectivity index (χ1) is 25.8. The fourth-order valence-corrected chi connectivity index (χ4v) is 6.33. The van der Waals surface area contributed by atoms with Crippen molar-refractivity contribution in [2.45, 2.75) is 187 Å². The fraction of sp³-hybridized carbons (Fsp3) is 0.791. The van der Waals surface area contributed by atoms with Crippen molar-refractivity contribution in [3.05, 3.63) is 48.6 Å². The van der Waals surface area contributed by atoms with Crippen LogP contribution in [-0.2, 0) is 27.9 Å². The number of hydrogen-bond donors (Lipinski definition) is 3. The number of carbonyl (C=O) groups excluding carboxylic acids is 1. The van der Waals surface area contributed by atoms with Crippen LogP contribution in [-0.4, -0.2) is 66.3 Å². The summed E-state index contributed by atoms with van der Waals surface area (Å²) in [5.74, 6) is -0.413. The highest BCUT2D eigenvalue weighted by Gasteiger charge is 2.26. The van der Waals surface area contributed by atoms with E-state index >= 15 is 0 Å². The van der Waals surface area contributed by atoms with E-state index in [0.29, 0.717) is 13.0 Å². The zero-order valence-electron chi connectivity index (χ0n) is 33.7. The molecule has 0 heterocycles. The van der Waals surface area contributed by atoms with Gasteiger partial charge in [0.25, 0.3) is 0 Å². The molecule has 3 atom stereocenters. The highest BCUT2D eigenvalue weighted by atomic mass is 31.2. The number of aliphatic hydroxyl groups excluding tert-OH is 2. The highest BCUT2D eigenvalue weighted by molar-refractivity contribution is 7.47. The number of carbonyl (C=O) groups is 1. The lowest BCUT2D eigenvalue weighted by Crippen LogP contribution is -2.29. The second kappa shape index (κ2) is 40.1. The summed E-state index contributed by atoms with van der Waals surface area (Å²) in [4.78, 5) is 22.5. The average molecular weight is 771 g/mol. The van der Waals surface area contributed by atoms with Crippen LogP contribution in [0.15, 0.2) is 48.6 Å². The number of ether oxygens (including phenoxy) is 2. The molecule has 9 nitrogen and oxygen atoms in total. The van der Waals surface area contributed by atoms with Gasteiger partial charge in [0.05, 0.1) is 26.4 Å². The van der Waals surface area contributed by atoms with Gasteiger partial charge >= 0.3 is 13.8 Å². The Balaban J connectivity index is 4.19. The molecular formula is C43H79O9P. The monoisotopic (exact) mass is 771 g/mol. The van der Waals surface area contributed by atoms with Gasteiger partial charge < -0.3 is 24.6 Å². The molecule has 0 aliphatic rings. The molecule has 0 aliphatic heterocycles. The molecule has 3 unspecified atom stereocenters. The van der Waals surface area contributed by atoms with Gasteiger partial charge in [-0.15, -0.1) is 0 Å². The number of phosphoric acid groups is 1. The quantitative estimate of drug-likeness (QED) is 0.0241. The molecule has 0 spiro atoms. The standard InChI is InChI=1S/C43H79O9P/c1-3-5-7-9-11-13-15-17-18-19-20-21-22-24-26-28-30-32-34-36-49-39-42(40-51-53(47,48)50-38-41(45)37-44)52-43(46)35-33-31-29-27-25-23-16-14-12-10-8-6-4-2/h6,8,12,14,18-19,23,25,41-42,44-45H,3-5,7,9-11,13,15-17,20-22,24,26-40H2,1-2H3,(H,47,48)/b8-6-,14-12-,19-18-,25-23-. The van der Waals surface area contributed by atoms with E-state index in [0.717, 1.165) is 57.8 Å². The van der Waals surface area contributed by atoms with E-state index in [-0.39, 0.29) is 13.0 Å². The molecule has 10 heteroatoms. The molecular weight excluding hydrogens is 691 g/mol. The van der Waals surface area contributed by atoms with E-state index in [1.165, 1.54) is 89.9 Å². The molecule has 0 saturated carbocycles.